The number of aromatic amines is 1. The monoisotopic (exact) mass is 418 g/mol. The van der Waals surface area contributed by atoms with E-state index in [4.69, 9.17) is 4.74 Å². The van der Waals surface area contributed by atoms with Crippen LogP contribution in [0.1, 0.15) is 53.0 Å². The third-order valence-corrected chi connectivity index (χ3v) is 5.27. The Morgan fingerprint density at radius 1 is 1.31 bits per heavy atom. The molecule has 3 rings (SSSR count). The van der Waals surface area contributed by atoms with Crippen LogP contribution >= 0.6 is 15.9 Å². The van der Waals surface area contributed by atoms with E-state index in [1.54, 1.807) is 6.07 Å². The molecule has 1 aliphatic rings. The first kappa shape index (κ1) is 18.7. The van der Waals surface area contributed by atoms with Crippen molar-refractivity contribution in [1.29, 1.82) is 0 Å². The summed E-state index contributed by atoms with van der Waals surface area (Å²) < 4.78 is 6.81. The summed E-state index contributed by atoms with van der Waals surface area (Å²) in [5.41, 5.74) is 3.46. The number of H-pyrrole nitrogens is 1. The van der Waals surface area contributed by atoms with Gasteiger partial charge >= 0.3 is 0 Å². The van der Waals surface area contributed by atoms with Crippen LogP contribution in [0.4, 0.5) is 0 Å². The number of hydrogen-bond donors (Lipinski definition) is 2. The topological polar surface area (TPSA) is 71.2 Å². The molecular formula is C20H23BrN2O3. The number of amides is 1. The third-order valence-electron chi connectivity index (χ3n) is 4.68. The van der Waals surface area contributed by atoms with Crippen LogP contribution in [-0.4, -0.2) is 16.5 Å². The molecule has 0 aliphatic carbocycles. The number of aryl methyl sites for hydroxylation is 3. The normalized spacial score (nSPS) is 15.1. The molecule has 5 nitrogen and oxygen atoms in total. The largest absolute Gasteiger partial charge is 0.486 e. The highest BCUT2D eigenvalue weighted by atomic mass is 79.9. The number of ether oxygens (including phenoxy) is 1. The van der Waals surface area contributed by atoms with Crippen molar-refractivity contribution in [2.45, 2.75) is 52.7 Å². The SMILES string of the molecule is Cc1cc(C)c(CNC(=O)c2cc(Br)c3c(c2)CCC(C)(C)O3)c(=O)[nH]1. The van der Waals surface area contributed by atoms with Gasteiger partial charge in [0.05, 0.1) is 4.47 Å². The molecule has 26 heavy (non-hydrogen) atoms. The number of carbonyl (C=O) groups excluding carboxylic acids is 1. The predicted octanol–water partition coefficient (Wildman–Crippen LogP) is 3.79. The van der Waals surface area contributed by atoms with E-state index in [0.717, 1.165) is 39.9 Å². The van der Waals surface area contributed by atoms with E-state index in [0.29, 0.717) is 11.1 Å². The van der Waals surface area contributed by atoms with Crippen LogP contribution in [0.2, 0.25) is 0 Å². The van der Waals surface area contributed by atoms with Gasteiger partial charge < -0.3 is 15.0 Å². The minimum atomic E-state index is -0.210. The number of halogens is 1. The molecule has 0 atom stereocenters. The van der Waals surface area contributed by atoms with Crippen LogP contribution in [0.15, 0.2) is 27.5 Å². The zero-order valence-corrected chi connectivity index (χ0v) is 17.0. The number of hydrogen-bond acceptors (Lipinski definition) is 3. The number of benzene rings is 1. The zero-order valence-electron chi connectivity index (χ0n) is 15.5. The van der Waals surface area contributed by atoms with Crippen molar-refractivity contribution >= 4 is 21.8 Å². The molecule has 0 fully saturated rings. The van der Waals surface area contributed by atoms with E-state index in [1.165, 1.54) is 0 Å². The van der Waals surface area contributed by atoms with E-state index in [-0.39, 0.29) is 23.6 Å². The minimum absolute atomic E-state index is 0.162. The molecule has 2 N–H and O–H groups in total. The maximum atomic E-state index is 12.6. The Labute approximate surface area is 161 Å². The van der Waals surface area contributed by atoms with Crippen molar-refractivity contribution in [1.82, 2.24) is 10.3 Å². The molecule has 1 aromatic carbocycles. The number of fused-ring (bicyclic) bond motifs is 1. The Morgan fingerprint density at radius 3 is 2.73 bits per heavy atom. The Morgan fingerprint density at radius 2 is 2.04 bits per heavy atom. The maximum absolute atomic E-state index is 12.6. The lowest BCUT2D eigenvalue weighted by atomic mass is 9.93. The van der Waals surface area contributed by atoms with Crippen LogP contribution in [0.3, 0.4) is 0 Å². The molecule has 1 aromatic heterocycles. The average Bonchev–Trinajstić information content (AvgIpc) is 2.53. The number of rotatable bonds is 3. The predicted molar refractivity (Wildman–Crippen MR) is 105 cm³/mol. The number of pyridine rings is 1. The van der Waals surface area contributed by atoms with Gasteiger partial charge in [0.25, 0.3) is 11.5 Å². The number of carbonyl (C=O) groups is 1. The van der Waals surface area contributed by atoms with Gasteiger partial charge in [0.1, 0.15) is 11.4 Å². The lowest BCUT2D eigenvalue weighted by molar-refractivity contribution is 0.0834. The molecule has 2 aromatic rings. The fraction of sp³-hybridized carbons (Fsp3) is 0.400. The van der Waals surface area contributed by atoms with Crippen molar-refractivity contribution in [3.63, 3.8) is 0 Å². The van der Waals surface area contributed by atoms with Crippen molar-refractivity contribution in [3.05, 3.63) is 61.0 Å². The van der Waals surface area contributed by atoms with Gasteiger partial charge in [0.15, 0.2) is 0 Å². The van der Waals surface area contributed by atoms with Crippen molar-refractivity contribution in [2.24, 2.45) is 0 Å². The first-order valence-electron chi connectivity index (χ1n) is 8.65. The number of nitrogens with one attached hydrogen (secondary N) is 2. The minimum Gasteiger partial charge on any atom is -0.486 e. The highest BCUT2D eigenvalue weighted by Crippen LogP contribution is 2.39. The van der Waals surface area contributed by atoms with Crippen LogP contribution in [-0.2, 0) is 13.0 Å². The summed E-state index contributed by atoms with van der Waals surface area (Å²) in [7, 11) is 0. The molecule has 1 aliphatic heterocycles. The van der Waals surface area contributed by atoms with Gasteiger partial charge in [0.2, 0.25) is 0 Å². The van der Waals surface area contributed by atoms with Crippen LogP contribution in [0.25, 0.3) is 0 Å². The molecule has 138 valence electrons. The highest BCUT2D eigenvalue weighted by Gasteiger charge is 2.29. The van der Waals surface area contributed by atoms with Gasteiger partial charge in [-0.05, 0) is 85.8 Å². The summed E-state index contributed by atoms with van der Waals surface area (Å²) in [5.74, 6) is 0.598. The van der Waals surface area contributed by atoms with Crippen molar-refractivity contribution in [2.75, 3.05) is 0 Å². The molecule has 2 heterocycles. The van der Waals surface area contributed by atoms with E-state index in [1.807, 2.05) is 26.0 Å². The molecule has 0 saturated carbocycles. The Hall–Kier alpha value is -2.08. The molecule has 0 saturated heterocycles. The molecule has 6 heteroatoms. The van der Waals surface area contributed by atoms with E-state index in [9.17, 15) is 9.59 Å². The standard InChI is InChI=1S/C20H23BrN2O3/c1-11-7-12(2)23-19(25)15(11)10-22-18(24)14-8-13-5-6-20(3,4)26-17(13)16(21)9-14/h7-9H,5-6,10H2,1-4H3,(H,22,24)(H,23,25). The summed E-state index contributed by atoms with van der Waals surface area (Å²) in [6, 6.07) is 5.54. The third kappa shape index (κ3) is 3.85. The second-order valence-electron chi connectivity index (χ2n) is 7.43. The molecular weight excluding hydrogens is 396 g/mol. The highest BCUT2D eigenvalue weighted by molar-refractivity contribution is 9.10. The van der Waals surface area contributed by atoms with Crippen molar-refractivity contribution < 1.29 is 9.53 Å². The number of aromatic nitrogens is 1. The van der Waals surface area contributed by atoms with Gasteiger partial charge in [0, 0.05) is 23.4 Å². The summed E-state index contributed by atoms with van der Waals surface area (Å²) >= 11 is 3.52. The first-order chi connectivity index (χ1) is 12.2. The fourth-order valence-electron chi connectivity index (χ4n) is 3.22. The average molecular weight is 419 g/mol. The maximum Gasteiger partial charge on any atom is 0.253 e. The van der Waals surface area contributed by atoms with E-state index < -0.39 is 0 Å². The van der Waals surface area contributed by atoms with Crippen LogP contribution in [0.5, 0.6) is 5.75 Å². The van der Waals surface area contributed by atoms with Crippen molar-refractivity contribution in [3.8, 4) is 5.75 Å². The molecule has 0 spiro atoms. The summed E-state index contributed by atoms with van der Waals surface area (Å²) in [6.45, 7) is 8.02. The summed E-state index contributed by atoms with van der Waals surface area (Å²) in [4.78, 5) is 27.4. The quantitative estimate of drug-likeness (QED) is 0.796. The van der Waals surface area contributed by atoms with Crippen LogP contribution in [0, 0.1) is 13.8 Å². The molecule has 0 unspecified atom stereocenters. The molecule has 0 bridgehead atoms. The second-order valence-corrected chi connectivity index (χ2v) is 8.29. The van der Waals surface area contributed by atoms with Gasteiger partial charge in [-0.15, -0.1) is 0 Å². The van der Waals surface area contributed by atoms with Gasteiger partial charge in [-0.2, -0.15) is 0 Å². The van der Waals surface area contributed by atoms with Gasteiger partial charge in [-0.25, -0.2) is 0 Å². The summed E-state index contributed by atoms with van der Waals surface area (Å²) in [5, 5.41) is 2.85. The zero-order chi connectivity index (χ0) is 19.1. The molecule has 0 radical (unpaired) electrons. The van der Waals surface area contributed by atoms with Gasteiger partial charge in [-0.3, -0.25) is 9.59 Å². The Balaban J connectivity index is 1.79. The van der Waals surface area contributed by atoms with E-state index >= 15 is 0 Å². The van der Waals surface area contributed by atoms with Crippen LogP contribution < -0.4 is 15.6 Å². The van der Waals surface area contributed by atoms with E-state index in [2.05, 4.69) is 40.1 Å². The van der Waals surface area contributed by atoms with Gasteiger partial charge in [-0.1, -0.05) is 0 Å². The smallest absolute Gasteiger partial charge is 0.253 e. The summed E-state index contributed by atoms with van der Waals surface area (Å²) in [6.07, 6.45) is 1.76. The molecule has 1 amide bonds. The fourth-order valence-corrected chi connectivity index (χ4v) is 3.80. The Kier molecular flexibility index (Phi) is 4.97. The lowest BCUT2D eigenvalue weighted by Crippen LogP contribution is -2.33. The second kappa shape index (κ2) is 6.91. The first-order valence-corrected chi connectivity index (χ1v) is 9.44. The lowest BCUT2D eigenvalue weighted by Gasteiger charge is -2.33. The Bertz CT molecular complexity index is 931.